The van der Waals surface area contributed by atoms with Gasteiger partial charge in [-0.1, -0.05) is 30.3 Å². The van der Waals surface area contributed by atoms with Crippen molar-refractivity contribution in [3.05, 3.63) is 51.5 Å². The summed E-state index contributed by atoms with van der Waals surface area (Å²) in [6, 6.07) is 10.8. The lowest BCUT2D eigenvalue weighted by Crippen LogP contribution is -2.40. The molecule has 0 bridgehead atoms. The zero-order chi connectivity index (χ0) is 16.3. The molecule has 5 heteroatoms. The van der Waals surface area contributed by atoms with Gasteiger partial charge in [0.2, 0.25) is 0 Å². The molecule has 2 N–H and O–H groups in total. The van der Waals surface area contributed by atoms with Crippen LogP contribution < -0.4 is 10.6 Å². The van der Waals surface area contributed by atoms with E-state index < -0.39 is 0 Å². The Morgan fingerprint density at radius 3 is 2.52 bits per heavy atom. The lowest BCUT2D eigenvalue weighted by atomic mass is 9.96. The molecule has 0 saturated heterocycles. The molecule has 0 unspecified atom stereocenters. The van der Waals surface area contributed by atoms with Crippen LogP contribution in [0, 0.1) is 13.8 Å². The number of thiazole rings is 1. The van der Waals surface area contributed by atoms with Crippen LogP contribution >= 0.6 is 11.3 Å². The Morgan fingerprint density at radius 1 is 1.22 bits per heavy atom. The average Bonchev–Trinajstić information content (AvgIpc) is 3.28. The van der Waals surface area contributed by atoms with Crippen LogP contribution in [0.2, 0.25) is 0 Å². The van der Waals surface area contributed by atoms with Gasteiger partial charge in [0.1, 0.15) is 0 Å². The molecule has 1 fully saturated rings. The summed E-state index contributed by atoms with van der Waals surface area (Å²) in [5, 5.41) is 8.01. The SMILES string of the molecule is CN=C(NCc1sc(C)nc1C)NCC1(c2ccccc2)CC1. The van der Waals surface area contributed by atoms with Crippen LogP contribution in [0.4, 0.5) is 0 Å². The van der Waals surface area contributed by atoms with E-state index in [1.807, 2.05) is 14.0 Å². The van der Waals surface area contributed by atoms with Crippen molar-refractivity contribution in [1.82, 2.24) is 15.6 Å². The minimum Gasteiger partial charge on any atom is -0.356 e. The number of hydrogen-bond acceptors (Lipinski definition) is 3. The van der Waals surface area contributed by atoms with Crippen LogP contribution in [0.25, 0.3) is 0 Å². The van der Waals surface area contributed by atoms with Crippen molar-refractivity contribution in [2.24, 2.45) is 4.99 Å². The molecule has 2 aromatic rings. The Labute approximate surface area is 142 Å². The van der Waals surface area contributed by atoms with E-state index in [0.717, 1.165) is 29.8 Å². The molecule has 4 nitrogen and oxygen atoms in total. The standard InChI is InChI=1S/C18H24N4S/c1-13-16(23-14(2)22-13)11-20-17(19-3)21-12-18(9-10-18)15-7-5-4-6-8-15/h4-8H,9-12H2,1-3H3,(H2,19,20,21). The third-order valence-corrected chi connectivity index (χ3v) is 5.55. The molecule has 1 heterocycles. The van der Waals surface area contributed by atoms with Crippen molar-refractivity contribution in [1.29, 1.82) is 0 Å². The van der Waals surface area contributed by atoms with E-state index in [-0.39, 0.29) is 5.41 Å². The quantitative estimate of drug-likeness (QED) is 0.655. The first-order chi connectivity index (χ1) is 11.1. The lowest BCUT2D eigenvalue weighted by molar-refractivity contribution is 0.646. The van der Waals surface area contributed by atoms with Gasteiger partial charge in [-0.3, -0.25) is 4.99 Å². The molecule has 1 aromatic heterocycles. The highest BCUT2D eigenvalue weighted by atomic mass is 32.1. The Bertz CT molecular complexity index is 686. The number of aromatic nitrogens is 1. The van der Waals surface area contributed by atoms with E-state index in [0.29, 0.717) is 0 Å². The van der Waals surface area contributed by atoms with Crippen LogP contribution in [0.3, 0.4) is 0 Å². The minimum absolute atomic E-state index is 0.288. The van der Waals surface area contributed by atoms with Crippen LogP contribution in [-0.2, 0) is 12.0 Å². The average molecular weight is 328 g/mol. The predicted octanol–water partition coefficient (Wildman–Crippen LogP) is 3.16. The number of benzene rings is 1. The maximum atomic E-state index is 4.47. The van der Waals surface area contributed by atoms with Crippen LogP contribution in [-0.4, -0.2) is 24.5 Å². The number of aliphatic imine (C=N–C) groups is 1. The van der Waals surface area contributed by atoms with E-state index >= 15 is 0 Å². The van der Waals surface area contributed by atoms with Gasteiger partial charge in [0, 0.05) is 23.9 Å². The number of aryl methyl sites for hydroxylation is 2. The van der Waals surface area contributed by atoms with Crippen molar-refractivity contribution in [2.75, 3.05) is 13.6 Å². The summed E-state index contributed by atoms with van der Waals surface area (Å²) in [4.78, 5) is 10.1. The first-order valence-corrected chi connectivity index (χ1v) is 8.87. The molecule has 1 saturated carbocycles. The molecule has 1 aliphatic carbocycles. The number of nitrogens with zero attached hydrogens (tertiary/aromatic N) is 2. The molecule has 0 aliphatic heterocycles. The Morgan fingerprint density at radius 2 is 1.96 bits per heavy atom. The molecule has 1 aromatic carbocycles. The predicted molar refractivity (Wildman–Crippen MR) is 97.1 cm³/mol. The number of rotatable bonds is 5. The third kappa shape index (κ3) is 3.72. The fraction of sp³-hybridized carbons (Fsp3) is 0.444. The molecule has 0 spiro atoms. The molecule has 0 atom stereocenters. The fourth-order valence-corrected chi connectivity index (χ4v) is 3.76. The zero-order valence-corrected chi connectivity index (χ0v) is 14.8. The number of hydrogen-bond donors (Lipinski definition) is 2. The van der Waals surface area contributed by atoms with E-state index in [4.69, 9.17) is 0 Å². The molecule has 1 aliphatic rings. The monoisotopic (exact) mass is 328 g/mol. The summed E-state index contributed by atoms with van der Waals surface area (Å²) in [6.07, 6.45) is 2.49. The van der Waals surface area contributed by atoms with Crippen molar-refractivity contribution >= 4 is 17.3 Å². The molecule has 0 radical (unpaired) electrons. The second-order valence-electron chi connectivity index (χ2n) is 6.17. The van der Waals surface area contributed by atoms with E-state index in [1.165, 1.54) is 23.3 Å². The second kappa shape index (κ2) is 6.71. The largest absolute Gasteiger partial charge is 0.356 e. The Kier molecular flexibility index (Phi) is 4.66. The van der Waals surface area contributed by atoms with Gasteiger partial charge in [-0.25, -0.2) is 4.98 Å². The van der Waals surface area contributed by atoms with Gasteiger partial charge in [0.05, 0.1) is 17.2 Å². The fourth-order valence-electron chi connectivity index (χ4n) is 2.89. The van der Waals surface area contributed by atoms with E-state index in [9.17, 15) is 0 Å². The molecular weight excluding hydrogens is 304 g/mol. The summed E-state index contributed by atoms with van der Waals surface area (Å²) in [6.45, 7) is 5.81. The van der Waals surface area contributed by atoms with Gasteiger partial charge in [0.15, 0.2) is 5.96 Å². The number of guanidine groups is 1. The van der Waals surface area contributed by atoms with Crippen LogP contribution in [0.1, 0.15) is 34.0 Å². The minimum atomic E-state index is 0.288. The second-order valence-corrected chi connectivity index (χ2v) is 7.45. The van der Waals surface area contributed by atoms with Crippen LogP contribution in [0.15, 0.2) is 35.3 Å². The van der Waals surface area contributed by atoms with Gasteiger partial charge in [-0.2, -0.15) is 0 Å². The van der Waals surface area contributed by atoms with Crippen molar-refractivity contribution in [3.8, 4) is 0 Å². The van der Waals surface area contributed by atoms with Gasteiger partial charge < -0.3 is 10.6 Å². The summed E-state index contributed by atoms with van der Waals surface area (Å²) >= 11 is 1.74. The first kappa shape index (κ1) is 16.0. The highest BCUT2D eigenvalue weighted by molar-refractivity contribution is 7.11. The number of nitrogens with one attached hydrogen (secondary N) is 2. The van der Waals surface area contributed by atoms with Gasteiger partial charge in [-0.15, -0.1) is 11.3 Å². The van der Waals surface area contributed by atoms with Gasteiger partial charge in [-0.05, 0) is 32.3 Å². The van der Waals surface area contributed by atoms with Crippen molar-refractivity contribution < 1.29 is 0 Å². The van der Waals surface area contributed by atoms with Crippen molar-refractivity contribution in [3.63, 3.8) is 0 Å². The molecular formula is C18H24N4S. The summed E-state index contributed by atoms with van der Waals surface area (Å²) < 4.78 is 0. The van der Waals surface area contributed by atoms with Gasteiger partial charge >= 0.3 is 0 Å². The normalized spacial score (nSPS) is 16.2. The van der Waals surface area contributed by atoms with Crippen molar-refractivity contribution in [2.45, 2.75) is 38.6 Å². The molecule has 0 amide bonds. The third-order valence-electron chi connectivity index (χ3n) is 4.47. The van der Waals surface area contributed by atoms with Crippen LogP contribution in [0.5, 0.6) is 0 Å². The smallest absolute Gasteiger partial charge is 0.191 e. The van der Waals surface area contributed by atoms with E-state index in [1.54, 1.807) is 11.3 Å². The zero-order valence-electron chi connectivity index (χ0n) is 14.0. The first-order valence-electron chi connectivity index (χ1n) is 8.06. The molecule has 23 heavy (non-hydrogen) atoms. The summed E-state index contributed by atoms with van der Waals surface area (Å²) in [7, 11) is 1.82. The lowest BCUT2D eigenvalue weighted by Gasteiger charge is -2.19. The molecule has 122 valence electrons. The van der Waals surface area contributed by atoms with Gasteiger partial charge in [0.25, 0.3) is 0 Å². The topological polar surface area (TPSA) is 49.3 Å². The summed E-state index contributed by atoms with van der Waals surface area (Å²) in [5.74, 6) is 0.859. The maximum absolute atomic E-state index is 4.47. The Balaban J connectivity index is 1.55. The summed E-state index contributed by atoms with van der Waals surface area (Å²) in [5.41, 5.74) is 2.82. The maximum Gasteiger partial charge on any atom is 0.191 e. The highest BCUT2D eigenvalue weighted by Gasteiger charge is 2.43. The highest BCUT2D eigenvalue weighted by Crippen LogP contribution is 2.47. The Hall–Kier alpha value is -1.88. The van der Waals surface area contributed by atoms with E-state index in [2.05, 4.69) is 57.9 Å². The molecule has 3 rings (SSSR count).